The maximum absolute atomic E-state index is 12.2. The fourth-order valence-corrected chi connectivity index (χ4v) is 16.8. The predicted octanol–water partition coefficient (Wildman–Crippen LogP) is 28.4. The number of carbonyl (C=O) groups excluding carboxylic acids is 1. The number of benzene rings is 4. The van der Waals surface area contributed by atoms with Crippen LogP contribution < -0.4 is 0 Å². The SMILES string of the molecule is Cc1ccc2c(c1)C(=O)c1cc(C)ccc1-2.Cc1ccc2sc3ccc(C)cc3c2c1.Cc1cccc(-c2cccc(-c3cccc(C)n3)n2)n1.Cc1cccc(-c2cncc(-c3cccc(C)n3)c2)n1.Cc1cncc(-c2cccc(-c3cncc(-c4cccc(C)n4)c3)n2)c1.Cc1cncc(-c2cccc(-c3cncc(C)c3)n2)c1.Cc1cncc(-c2cncc(-c3cncc(C)c3)c2)c1. The Balaban J connectivity index is 0.000000116. The van der Waals surface area contributed by atoms with Crippen LogP contribution in [0.15, 0.2) is 366 Å². The van der Waals surface area contributed by atoms with Crippen LogP contribution in [0.1, 0.15) is 94.5 Å². The lowest BCUT2D eigenvalue weighted by molar-refractivity contribution is 0.104. The Hall–Kier alpha value is -16.8. The Labute approximate surface area is 804 Å². The predicted molar refractivity (Wildman–Crippen MR) is 558 cm³/mol. The highest BCUT2D eigenvalue weighted by Crippen LogP contribution is 2.39. The van der Waals surface area contributed by atoms with Gasteiger partial charge < -0.3 is 0 Å². The normalized spacial score (nSPS) is 10.9. The van der Waals surface area contributed by atoms with Crippen molar-refractivity contribution in [3.8, 4) is 135 Å². The highest BCUT2D eigenvalue weighted by molar-refractivity contribution is 7.25. The van der Waals surface area contributed by atoms with Crippen LogP contribution >= 0.6 is 11.3 Å². The van der Waals surface area contributed by atoms with Gasteiger partial charge in [0.15, 0.2) is 5.78 Å². The molecule has 0 atom stereocenters. The number of aromatic nitrogens is 16. The molecular weight excluding hydrogens is 1700 g/mol. The van der Waals surface area contributed by atoms with Crippen LogP contribution in [0.5, 0.6) is 0 Å². The third-order valence-electron chi connectivity index (χ3n) is 22.5. The number of fused-ring (bicyclic) bond motifs is 6. The van der Waals surface area contributed by atoms with Crippen molar-refractivity contribution in [3.05, 3.63) is 456 Å². The number of carbonyl (C=O) groups is 1. The number of hydrogen-bond donors (Lipinski definition) is 0. The minimum Gasteiger partial charge on any atom is -0.289 e. The summed E-state index contributed by atoms with van der Waals surface area (Å²) in [6.45, 7) is 28.4. The summed E-state index contributed by atoms with van der Waals surface area (Å²) in [4.78, 5) is 83.3. The number of hydrogen-bond acceptors (Lipinski definition) is 18. The van der Waals surface area contributed by atoms with Gasteiger partial charge in [-0.15, -0.1) is 11.3 Å². The first-order valence-corrected chi connectivity index (χ1v) is 46.0. The van der Waals surface area contributed by atoms with Crippen molar-refractivity contribution in [1.29, 1.82) is 0 Å². The molecule has 4 aromatic carbocycles. The second kappa shape index (κ2) is 43.7. The topological polar surface area (TPSA) is 223 Å². The molecule has 17 nitrogen and oxygen atoms in total. The van der Waals surface area contributed by atoms with Crippen LogP contribution in [0.25, 0.3) is 155 Å². The summed E-state index contributed by atoms with van der Waals surface area (Å²) < 4.78 is 2.78. The average molecular weight is 1800 g/mol. The van der Waals surface area contributed by atoms with Crippen LogP contribution in [-0.2, 0) is 0 Å². The molecule has 0 amide bonds. The van der Waals surface area contributed by atoms with E-state index in [2.05, 4.69) is 181 Å². The van der Waals surface area contributed by atoms with Gasteiger partial charge in [0.2, 0.25) is 0 Å². The number of nitrogens with zero attached hydrogens (tertiary/aromatic N) is 16. The van der Waals surface area contributed by atoms with Crippen molar-refractivity contribution in [2.24, 2.45) is 0 Å². The van der Waals surface area contributed by atoms with E-state index < -0.39 is 0 Å². The van der Waals surface area contributed by atoms with E-state index in [1.807, 2.05) is 363 Å². The van der Waals surface area contributed by atoms with Crippen molar-refractivity contribution in [2.75, 3.05) is 0 Å². The van der Waals surface area contributed by atoms with Crippen LogP contribution in [0.4, 0.5) is 0 Å². The molecule has 0 aliphatic heterocycles. The molecule has 1 aliphatic rings. The Morgan fingerprint density at radius 1 is 0.168 bits per heavy atom. The molecule has 0 saturated carbocycles. The largest absolute Gasteiger partial charge is 0.289 e. The zero-order chi connectivity index (χ0) is 95.4. The molecule has 0 bridgehead atoms. The summed E-state index contributed by atoms with van der Waals surface area (Å²) in [6, 6.07) is 90.2. The number of rotatable bonds is 11. The van der Waals surface area contributed by atoms with Gasteiger partial charge in [-0.05, 0) is 318 Å². The molecular formula is C119H102N16OS. The average Bonchev–Trinajstić information content (AvgIpc) is 1.62. The summed E-state index contributed by atoms with van der Waals surface area (Å²) in [7, 11) is 0. The van der Waals surface area contributed by atoms with E-state index >= 15 is 0 Å². The Morgan fingerprint density at radius 2 is 0.372 bits per heavy atom. The van der Waals surface area contributed by atoms with Crippen LogP contribution in [0.2, 0.25) is 0 Å². The maximum Gasteiger partial charge on any atom is 0.194 e. The van der Waals surface area contributed by atoms with Gasteiger partial charge in [-0.25, -0.2) is 15.0 Å². The minimum atomic E-state index is 0.164. The fourth-order valence-electron chi connectivity index (χ4n) is 15.7. The van der Waals surface area contributed by atoms with Gasteiger partial charge in [0.05, 0.1) is 62.6 Å². The van der Waals surface area contributed by atoms with Crippen molar-refractivity contribution < 1.29 is 4.79 Å². The quantitative estimate of drug-likeness (QED) is 0.117. The van der Waals surface area contributed by atoms with E-state index in [4.69, 9.17) is 9.97 Å². The maximum atomic E-state index is 12.2. The zero-order valence-electron chi connectivity index (χ0n) is 79.1. The van der Waals surface area contributed by atoms with Crippen molar-refractivity contribution >= 4 is 37.3 Å². The number of ketones is 1. The van der Waals surface area contributed by atoms with E-state index in [0.29, 0.717) is 0 Å². The lowest BCUT2D eigenvalue weighted by Crippen LogP contribution is -1.95. The Morgan fingerprint density at radius 3 is 0.664 bits per heavy atom. The van der Waals surface area contributed by atoms with Gasteiger partial charge in [0.25, 0.3) is 0 Å². The molecule has 21 aromatic rings. The lowest BCUT2D eigenvalue weighted by Gasteiger charge is -2.07. The monoisotopic (exact) mass is 1800 g/mol. The van der Waals surface area contributed by atoms with E-state index in [1.54, 1.807) is 0 Å². The molecule has 1 aliphatic carbocycles. The summed E-state index contributed by atoms with van der Waals surface area (Å²) in [5, 5.41) is 2.80. The third kappa shape index (κ3) is 24.4. The molecule has 670 valence electrons. The molecule has 22 rings (SSSR count). The lowest BCUT2D eigenvalue weighted by atomic mass is 10.0. The highest BCUT2D eigenvalue weighted by Gasteiger charge is 2.27. The van der Waals surface area contributed by atoms with Gasteiger partial charge in [0.1, 0.15) is 0 Å². The second-order valence-electron chi connectivity index (χ2n) is 34.2. The minimum absolute atomic E-state index is 0.164. The van der Waals surface area contributed by atoms with Gasteiger partial charge in [-0.2, -0.15) is 0 Å². The summed E-state index contributed by atoms with van der Waals surface area (Å²) in [6.07, 6.45) is 29.5. The standard InChI is InChI=1S/C22H18N4.4C17H15N3.C15H12O.C14H12S/c1-15-9-17(12-23-11-15)21-7-4-8-22(26-21)19-10-18(13-24-14-19)20-6-3-5-16(2)25-20;1-12-3-14(8-18-6-12)16-5-17(11-20-10-16)15-4-13(2)7-19-9-15;1-12-6-3-8-14(18-12)16-10-5-11-17(20-16)15-9-4-7-13(2)19-15;1-12-5-3-7-16(19-12)14-9-15(11-18-10-14)17-8-4-6-13(2)20-17;1-12-6-14(10-18-8-12)16-4-3-5-17(20-16)15-7-13(2)9-19-11-15;1-9-3-5-11-12-6-4-10(2)8-14(12)15(16)13(11)7-9;1-9-3-5-13-11(7-9)12-8-10(2)4-6-14(12)15-13/h3-14H,1-2H3;4*3-11H,1-2H3;3-8H,1-2H3;3-8H,1-2H3. The van der Waals surface area contributed by atoms with Crippen LogP contribution in [-0.4, -0.2) is 85.5 Å². The smallest absolute Gasteiger partial charge is 0.194 e. The third-order valence-corrected chi connectivity index (χ3v) is 23.6. The molecule has 0 unspecified atom stereocenters. The molecule has 0 fully saturated rings. The summed E-state index contributed by atoms with van der Waals surface area (Å²) in [5.74, 6) is 0.164. The first-order valence-electron chi connectivity index (χ1n) is 45.2. The molecule has 0 saturated heterocycles. The number of pyridine rings is 16. The molecule has 18 heteroatoms. The highest BCUT2D eigenvalue weighted by atomic mass is 32.1. The molecule has 0 spiro atoms. The van der Waals surface area contributed by atoms with E-state index in [-0.39, 0.29) is 5.78 Å². The summed E-state index contributed by atoms with van der Waals surface area (Å²) >= 11 is 1.88. The van der Waals surface area contributed by atoms with E-state index in [0.717, 1.165) is 213 Å². The Kier molecular flexibility index (Phi) is 29.8. The van der Waals surface area contributed by atoms with Gasteiger partial charge in [-0.1, -0.05) is 107 Å². The van der Waals surface area contributed by atoms with Crippen LogP contribution in [0.3, 0.4) is 0 Å². The second-order valence-corrected chi connectivity index (χ2v) is 35.3. The van der Waals surface area contributed by atoms with Gasteiger partial charge >= 0.3 is 0 Å². The van der Waals surface area contributed by atoms with E-state index in [9.17, 15) is 4.79 Å². The van der Waals surface area contributed by atoms with Gasteiger partial charge in [-0.3, -0.25) is 69.6 Å². The molecule has 17 heterocycles. The molecule has 137 heavy (non-hydrogen) atoms. The van der Waals surface area contributed by atoms with Crippen LogP contribution in [0, 0.1) is 96.9 Å². The van der Waals surface area contributed by atoms with Gasteiger partial charge in [0, 0.05) is 220 Å². The number of aryl methyl sites for hydroxylation is 14. The number of thiophene rings is 1. The molecule has 0 N–H and O–H groups in total. The van der Waals surface area contributed by atoms with Crippen molar-refractivity contribution in [1.82, 2.24) is 79.7 Å². The first-order chi connectivity index (χ1) is 66.5. The molecule has 17 aromatic heterocycles. The summed E-state index contributed by atoms with van der Waals surface area (Å²) in [5.41, 5.74) is 40.7. The Bertz CT molecular complexity index is 6960. The first kappa shape index (κ1) is 93.4. The molecule has 0 radical (unpaired) electrons. The van der Waals surface area contributed by atoms with Crippen molar-refractivity contribution in [2.45, 2.75) is 96.9 Å². The fraction of sp³-hybridized carbons (Fsp3) is 0.118. The van der Waals surface area contributed by atoms with Crippen molar-refractivity contribution in [3.63, 3.8) is 0 Å². The van der Waals surface area contributed by atoms with E-state index in [1.165, 1.54) is 31.3 Å². The zero-order valence-corrected chi connectivity index (χ0v) is 79.9.